The van der Waals surface area contributed by atoms with Gasteiger partial charge < -0.3 is 20.6 Å². The molecule has 3 aromatic rings. The van der Waals surface area contributed by atoms with E-state index in [1.807, 2.05) is 50.2 Å². The van der Waals surface area contributed by atoms with Crippen LogP contribution in [0.15, 0.2) is 59.7 Å². The summed E-state index contributed by atoms with van der Waals surface area (Å²) >= 11 is 0. The maximum Gasteiger partial charge on any atom is 0.350 e. The van der Waals surface area contributed by atoms with Crippen molar-refractivity contribution in [2.45, 2.75) is 25.9 Å². The Morgan fingerprint density at radius 1 is 0.867 bits per heavy atom. The van der Waals surface area contributed by atoms with Crippen LogP contribution < -0.4 is 21.2 Å². The molecule has 0 spiro atoms. The van der Waals surface area contributed by atoms with Crippen LogP contribution in [0.25, 0.3) is 5.69 Å². The van der Waals surface area contributed by atoms with Crippen LogP contribution >= 0.6 is 0 Å². The van der Waals surface area contributed by atoms with Gasteiger partial charge in [0.1, 0.15) is 12.1 Å². The lowest BCUT2D eigenvalue weighted by Gasteiger charge is -2.37. The molecule has 1 aliphatic heterocycles. The highest BCUT2D eigenvalue weighted by atomic mass is 16.3. The molecule has 0 saturated carbocycles. The number of nitrogens with two attached hydrogens (primary N) is 1. The molecule has 30 heavy (non-hydrogen) atoms. The van der Waals surface area contributed by atoms with Gasteiger partial charge in [-0.05, 0) is 62.4 Å². The van der Waals surface area contributed by atoms with Crippen molar-refractivity contribution < 1.29 is 5.11 Å². The van der Waals surface area contributed by atoms with Crippen LogP contribution in [-0.4, -0.2) is 51.7 Å². The summed E-state index contributed by atoms with van der Waals surface area (Å²) in [7, 11) is 0. The zero-order chi connectivity index (χ0) is 21.3. The molecule has 2 heterocycles. The number of rotatable bonds is 5. The zero-order valence-corrected chi connectivity index (χ0v) is 17.3. The smallest absolute Gasteiger partial charge is 0.350 e. The Labute approximate surface area is 175 Å². The van der Waals surface area contributed by atoms with Crippen molar-refractivity contribution in [3.8, 4) is 11.4 Å². The first-order valence-electron chi connectivity index (χ1n) is 10.2. The molecular formula is C22H28N6O2. The van der Waals surface area contributed by atoms with Gasteiger partial charge in [0.2, 0.25) is 0 Å². The summed E-state index contributed by atoms with van der Waals surface area (Å²) in [6.45, 7) is 7.40. The summed E-state index contributed by atoms with van der Waals surface area (Å²) in [5.74, 6) is 0.286. The van der Waals surface area contributed by atoms with E-state index >= 15 is 0 Å². The summed E-state index contributed by atoms with van der Waals surface area (Å²) < 4.78 is 2.98. The highest BCUT2D eigenvalue weighted by Gasteiger charge is 2.19. The Morgan fingerprint density at radius 2 is 1.33 bits per heavy atom. The van der Waals surface area contributed by atoms with Crippen LogP contribution in [0, 0.1) is 0 Å². The van der Waals surface area contributed by atoms with Gasteiger partial charge in [-0.25, -0.2) is 14.0 Å². The number of aromatic nitrogens is 3. The van der Waals surface area contributed by atoms with Gasteiger partial charge in [0, 0.05) is 43.6 Å². The predicted molar refractivity (Wildman–Crippen MR) is 119 cm³/mol. The van der Waals surface area contributed by atoms with Crippen LogP contribution in [0.5, 0.6) is 5.75 Å². The Hall–Kier alpha value is -3.26. The van der Waals surface area contributed by atoms with Crippen molar-refractivity contribution in [1.29, 1.82) is 0 Å². The van der Waals surface area contributed by atoms with E-state index in [-0.39, 0.29) is 23.5 Å². The van der Waals surface area contributed by atoms with Gasteiger partial charge in [-0.3, -0.25) is 0 Å². The highest BCUT2D eigenvalue weighted by molar-refractivity contribution is 5.54. The largest absolute Gasteiger partial charge is 0.508 e. The van der Waals surface area contributed by atoms with Crippen LogP contribution in [-0.2, 0) is 0 Å². The average molecular weight is 409 g/mol. The molecule has 0 bridgehead atoms. The molecule has 1 fully saturated rings. The zero-order valence-electron chi connectivity index (χ0n) is 17.3. The van der Waals surface area contributed by atoms with Gasteiger partial charge in [-0.2, -0.15) is 5.10 Å². The number of phenolic OH excluding ortho intramolecular Hbond substituents is 1. The van der Waals surface area contributed by atoms with Crippen molar-refractivity contribution in [2.75, 3.05) is 36.0 Å². The third-order valence-electron chi connectivity index (χ3n) is 5.83. The molecule has 2 aromatic carbocycles. The van der Waals surface area contributed by atoms with Gasteiger partial charge in [-0.15, -0.1) is 0 Å². The lowest BCUT2D eigenvalue weighted by Crippen LogP contribution is -2.46. The molecule has 8 heteroatoms. The Morgan fingerprint density at radius 3 is 1.83 bits per heavy atom. The minimum atomic E-state index is -0.185. The summed E-state index contributed by atoms with van der Waals surface area (Å²) in [4.78, 5) is 17.3. The fourth-order valence-corrected chi connectivity index (χ4v) is 3.71. The standard InChI is InChI=1S/C22H28N6O2/c1-16(23)17(2)28-22(30)27(15-24-28)20-5-3-18(4-6-20)25-11-13-26(14-12-25)19-7-9-21(29)10-8-19/h3-10,15-17,29H,11-14,23H2,1-2H3/t16-,17+/m0/s1. The van der Waals surface area contributed by atoms with E-state index in [9.17, 15) is 9.90 Å². The Kier molecular flexibility index (Phi) is 5.50. The maximum atomic E-state index is 12.7. The van der Waals surface area contributed by atoms with E-state index in [4.69, 9.17) is 5.73 Å². The van der Waals surface area contributed by atoms with Gasteiger partial charge in [0.25, 0.3) is 0 Å². The van der Waals surface area contributed by atoms with E-state index in [1.165, 1.54) is 4.68 Å². The SMILES string of the molecule is C[C@H](N)[C@@H](C)n1ncn(-c2ccc(N3CCN(c4ccc(O)cc4)CC3)cc2)c1=O. The van der Waals surface area contributed by atoms with Crippen LogP contribution in [0.2, 0.25) is 0 Å². The van der Waals surface area contributed by atoms with Crippen molar-refractivity contribution in [2.24, 2.45) is 5.73 Å². The maximum absolute atomic E-state index is 12.7. The topological polar surface area (TPSA) is 92.6 Å². The van der Waals surface area contributed by atoms with Gasteiger partial charge in [0.15, 0.2) is 0 Å². The van der Waals surface area contributed by atoms with E-state index in [1.54, 1.807) is 23.0 Å². The number of nitrogens with zero attached hydrogens (tertiary/aromatic N) is 5. The summed E-state index contributed by atoms with van der Waals surface area (Å²) in [6, 6.07) is 15.0. The van der Waals surface area contributed by atoms with E-state index in [0.29, 0.717) is 0 Å². The molecule has 4 rings (SSSR count). The monoisotopic (exact) mass is 408 g/mol. The summed E-state index contributed by atoms with van der Waals surface area (Å²) in [5.41, 5.74) is 8.77. The molecule has 158 valence electrons. The van der Waals surface area contributed by atoms with Gasteiger partial charge in [0.05, 0.1) is 11.7 Å². The average Bonchev–Trinajstić information content (AvgIpc) is 3.15. The molecule has 3 N–H and O–H groups in total. The predicted octanol–water partition coefficient (Wildman–Crippen LogP) is 1.97. The minimum absolute atomic E-state index is 0.159. The molecule has 1 saturated heterocycles. The number of anilines is 2. The second-order valence-corrected chi connectivity index (χ2v) is 7.83. The number of aromatic hydroxyl groups is 1. The van der Waals surface area contributed by atoms with Crippen LogP contribution in [0.1, 0.15) is 19.9 Å². The molecule has 0 radical (unpaired) electrons. The third-order valence-corrected chi connectivity index (χ3v) is 5.83. The first-order chi connectivity index (χ1) is 14.4. The molecule has 8 nitrogen and oxygen atoms in total. The molecule has 0 amide bonds. The first-order valence-corrected chi connectivity index (χ1v) is 10.2. The molecule has 1 aliphatic rings. The summed E-state index contributed by atoms with van der Waals surface area (Å²) in [6.07, 6.45) is 1.55. The molecule has 0 unspecified atom stereocenters. The van der Waals surface area contributed by atoms with Crippen molar-refractivity contribution in [1.82, 2.24) is 14.3 Å². The second kappa shape index (κ2) is 8.23. The van der Waals surface area contributed by atoms with Crippen molar-refractivity contribution >= 4 is 11.4 Å². The van der Waals surface area contributed by atoms with E-state index in [0.717, 1.165) is 43.2 Å². The van der Waals surface area contributed by atoms with Gasteiger partial charge >= 0.3 is 5.69 Å². The number of hydrogen-bond acceptors (Lipinski definition) is 6. The van der Waals surface area contributed by atoms with E-state index in [2.05, 4.69) is 14.9 Å². The van der Waals surface area contributed by atoms with Crippen molar-refractivity contribution in [3.63, 3.8) is 0 Å². The third kappa shape index (κ3) is 3.91. The number of phenols is 1. The fraction of sp³-hybridized carbons (Fsp3) is 0.364. The lowest BCUT2D eigenvalue weighted by molar-refractivity contribution is 0.412. The minimum Gasteiger partial charge on any atom is -0.508 e. The molecule has 2 atom stereocenters. The highest BCUT2D eigenvalue weighted by Crippen LogP contribution is 2.23. The van der Waals surface area contributed by atoms with E-state index < -0.39 is 0 Å². The molecule has 1 aromatic heterocycles. The molecule has 0 aliphatic carbocycles. The second-order valence-electron chi connectivity index (χ2n) is 7.83. The first kappa shape index (κ1) is 20.0. The van der Waals surface area contributed by atoms with Crippen LogP contribution in [0.4, 0.5) is 11.4 Å². The Balaban J connectivity index is 1.44. The number of benzene rings is 2. The molecular weight excluding hydrogens is 380 g/mol. The Bertz CT molecular complexity index is 1030. The summed E-state index contributed by atoms with van der Waals surface area (Å²) in [5, 5.41) is 13.7. The normalized spacial score (nSPS) is 16.5. The van der Waals surface area contributed by atoms with Crippen LogP contribution in [0.3, 0.4) is 0 Å². The lowest BCUT2D eigenvalue weighted by atomic mass is 10.2. The fourth-order valence-electron chi connectivity index (χ4n) is 3.71. The van der Waals surface area contributed by atoms with Crippen molar-refractivity contribution in [3.05, 3.63) is 65.3 Å². The quantitative estimate of drug-likeness (QED) is 0.671. The number of piperazine rings is 1. The number of hydrogen-bond donors (Lipinski definition) is 2. The van der Waals surface area contributed by atoms with Gasteiger partial charge in [-0.1, -0.05) is 0 Å².